The predicted molar refractivity (Wildman–Crippen MR) is 393 cm³/mol. The number of morpholine rings is 1. The van der Waals surface area contributed by atoms with E-state index in [0.29, 0.717) is 98.5 Å². The normalized spacial score (nSPS) is 13.2. The van der Waals surface area contributed by atoms with E-state index in [4.69, 9.17) is 57.8 Å². The second kappa shape index (κ2) is 32.1. The van der Waals surface area contributed by atoms with E-state index >= 15 is 0 Å². The molecule has 25 nitrogen and oxygen atoms in total. The summed E-state index contributed by atoms with van der Waals surface area (Å²) in [4.78, 5) is 79.3. The van der Waals surface area contributed by atoms with E-state index in [2.05, 4.69) is 68.0 Å². The molecule has 1 aliphatic rings. The number of anilines is 3. The van der Waals surface area contributed by atoms with Crippen molar-refractivity contribution >= 4 is 123 Å². The number of aromatic nitrogens is 12. The Labute approximate surface area is 577 Å². The molecule has 1 unspecified atom stereocenters. The molecule has 4 amide bonds. The van der Waals surface area contributed by atoms with Crippen LogP contribution < -0.4 is 34.0 Å². The molecule has 516 valence electrons. The average molecular weight is 1350 g/mol. The highest BCUT2D eigenvalue weighted by Crippen LogP contribution is 2.33. The minimum atomic E-state index is -0.560. The van der Waals surface area contributed by atoms with E-state index in [1.165, 1.54) is 0 Å². The number of rotatable bonds is 25. The van der Waals surface area contributed by atoms with Crippen molar-refractivity contribution in [2.24, 2.45) is 11.5 Å². The van der Waals surface area contributed by atoms with Gasteiger partial charge in [-0.05, 0) is 100 Å². The molecule has 25 heteroatoms. The van der Waals surface area contributed by atoms with Crippen molar-refractivity contribution in [2.75, 3.05) is 70.9 Å². The second-order valence-electron chi connectivity index (χ2n) is 24.9. The number of para-hydroxylation sites is 6. The van der Waals surface area contributed by atoms with Crippen molar-refractivity contribution < 1.29 is 28.6 Å². The summed E-state index contributed by atoms with van der Waals surface area (Å²) >= 11 is 0. The lowest BCUT2D eigenvalue weighted by molar-refractivity contribution is -0.0178. The molecule has 100 heavy (non-hydrogen) atoms. The monoisotopic (exact) mass is 1350 g/mol. The van der Waals surface area contributed by atoms with Crippen LogP contribution in [0, 0.1) is 0 Å². The van der Waals surface area contributed by atoms with Crippen LogP contribution in [-0.4, -0.2) is 141 Å². The fourth-order valence-corrected chi connectivity index (χ4v) is 13.2. The lowest BCUT2D eigenvalue weighted by atomic mass is 10.1. The quantitative estimate of drug-likeness (QED) is 0.0290. The molecule has 1 aliphatic heterocycles. The minimum Gasteiger partial charge on any atom is -0.384 e. The fourth-order valence-electron chi connectivity index (χ4n) is 13.2. The zero-order valence-electron chi connectivity index (χ0n) is 56.8. The van der Waals surface area contributed by atoms with Gasteiger partial charge in [0.25, 0.3) is 11.8 Å². The van der Waals surface area contributed by atoms with E-state index < -0.39 is 5.91 Å². The van der Waals surface area contributed by atoms with Crippen molar-refractivity contribution in [3.8, 4) is 0 Å². The fraction of sp³-hybridized carbons (Fsp3) is 0.333. The number of urea groups is 1. The first-order chi connectivity index (χ1) is 48.8. The molecule has 0 saturated carbocycles. The Kier molecular flexibility index (Phi) is 22.1. The molecular weight excluding hydrogens is 1260 g/mol. The molecule has 1 atom stereocenters. The number of hydrogen-bond donors (Lipinski definition) is 6. The first-order valence-corrected chi connectivity index (χ1v) is 34.2. The summed E-state index contributed by atoms with van der Waals surface area (Å²) in [6, 6.07) is 40.8. The number of ether oxygens (including phenoxy) is 3. The van der Waals surface area contributed by atoms with Gasteiger partial charge in [-0.1, -0.05) is 91.9 Å². The summed E-state index contributed by atoms with van der Waals surface area (Å²) in [5, 5.41) is 7.11. The van der Waals surface area contributed by atoms with Crippen LogP contribution in [0.1, 0.15) is 102 Å². The summed E-state index contributed by atoms with van der Waals surface area (Å²) in [6.07, 6.45) is 11.8. The van der Waals surface area contributed by atoms with Crippen molar-refractivity contribution in [1.29, 1.82) is 0 Å². The van der Waals surface area contributed by atoms with E-state index in [-0.39, 0.29) is 23.7 Å². The first-order valence-electron chi connectivity index (χ1n) is 34.2. The lowest BCUT2D eigenvalue weighted by Crippen LogP contribution is -2.47. The second-order valence-corrected chi connectivity index (χ2v) is 24.9. The minimum absolute atomic E-state index is 0.0570. The maximum absolute atomic E-state index is 12.6. The number of unbranched alkanes of at least 4 members (excludes halogenated alkanes) is 3. The molecule has 0 bridgehead atoms. The van der Waals surface area contributed by atoms with E-state index in [9.17, 15) is 14.4 Å². The number of hydrogen-bond acceptors (Lipinski definition) is 18. The third-order valence-corrected chi connectivity index (χ3v) is 18.1. The summed E-state index contributed by atoms with van der Waals surface area (Å²) < 4.78 is 23.2. The van der Waals surface area contributed by atoms with Gasteiger partial charge in [-0.25, -0.2) is 44.7 Å². The summed E-state index contributed by atoms with van der Waals surface area (Å²) in [6.45, 7) is 7.95. The van der Waals surface area contributed by atoms with Gasteiger partial charge in [-0.2, -0.15) is 0 Å². The Bertz CT molecular complexity index is 5090. The van der Waals surface area contributed by atoms with Crippen molar-refractivity contribution in [3.05, 3.63) is 168 Å². The number of carbonyl (C=O) groups excluding carboxylic acids is 3. The number of primary amides is 2. The van der Waals surface area contributed by atoms with E-state index in [1.807, 2.05) is 115 Å². The van der Waals surface area contributed by atoms with Crippen molar-refractivity contribution in [2.45, 2.75) is 110 Å². The van der Waals surface area contributed by atoms with Crippen LogP contribution in [0.25, 0.3) is 87.7 Å². The number of pyridine rings is 4. The Morgan fingerprint density at radius 3 is 1.52 bits per heavy atom. The Morgan fingerprint density at radius 2 is 1.01 bits per heavy atom. The molecule has 1 saturated heterocycles. The van der Waals surface area contributed by atoms with Crippen LogP contribution in [0.4, 0.5) is 22.2 Å². The van der Waals surface area contributed by atoms with Crippen LogP contribution >= 0.6 is 0 Å². The molecular formula is C75H85N19O6. The zero-order chi connectivity index (χ0) is 69.7. The van der Waals surface area contributed by atoms with E-state index in [0.717, 1.165) is 172 Å². The molecule has 0 aliphatic carbocycles. The standard InChI is InChI=1S/C27H28N6O2.C26H27N7O2.C22H30N6O2/c1-35-15-12-23-32-24-25(20-9-3-5-11-22(20)31-26(24)28)33(23)14-7-6-13-29-27(34)19-16-18-8-2-4-10-21(18)30-17-19;1-35-15-13-21-32-23-24(16-8-2-3-9-17(16)31-25(23)27)33(21)14-7-6-12-20-22(26(28)34)30-19-11-5-4-10-18(19)29-20;1-2-7-18-26-19-20(16-9-3-4-10-17(16)25-21(19)23)28(18)11-6-5-8-15-14-27(22(24)29)12-13-30-15/h2-5,8-11,16-17H,6-7,12-15H2,1H3,(H2,28,31)(H,29,34);2-5,8-11H,6-7,12-15H2,1H3,(H2,27,31)(H2,28,34);3-4,9-10,15H,2,5-8,11-14H2,1H3,(H2,23,25)(H2,24,29). The topological polar surface area (TPSA) is 355 Å². The number of nitrogens with one attached hydrogen (secondary N) is 1. The van der Waals surface area contributed by atoms with Crippen molar-refractivity contribution in [1.82, 2.24) is 68.8 Å². The smallest absolute Gasteiger partial charge is 0.314 e. The number of nitrogens with zero attached hydrogens (tertiary/aromatic N) is 13. The molecule has 0 radical (unpaired) electrons. The average Bonchev–Trinajstić information content (AvgIpc) is 1.60. The highest BCUT2D eigenvalue weighted by molar-refractivity contribution is 6.09. The van der Waals surface area contributed by atoms with Crippen LogP contribution in [0.3, 0.4) is 0 Å². The maximum Gasteiger partial charge on any atom is 0.314 e. The van der Waals surface area contributed by atoms with Crippen LogP contribution in [0.15, 0.2) is 134 Å². The van der Waals surface area contributed by atoms with E-state index in [1.54, 1.807) is 25.3 Å². The SMILES string of the molecule is CCCc1nc2c(N)nc3ccccc3c2n1CCCCC1CN(C(N)=O)CCO1.COCCc1nc2c(N)nc3ccccc3c2n1CCCCNC(=O)c1cnc2ccccc2c1.COCCc1nc2c(N)nc3ccccc3c2n1CCCCc1nc2ccccc2nc1C(N)=O. The number of imidazole rings is 3. The number of methoxy groups -OCH3 is 2. The van der Waals surface area contributed by atoms with Crippen molar-refractivity contribution in [3.63, 3.8) is 0 Å². The van der Waals surface area contributed by atoms with Gasteiger partial charge in [0.2, 0.25) is 0 Å². The molecule has 14 rings (SSSR count). The third-order valence-electron chi connectivity index (χ3n) is 18.1. The maximum atomic E-state index is 12.6. The molecule has 8 aromatic heterocycles. The molecule has 1 fully saturated rings. The summed E-state index contributed by atoms with van der Waals surface area (Å²) in [5.41, 5.74) is 41.4. The molecule has 0 spiro atoms. The molecule has 11 N–H and O–H groups in total. The molecule has 9 heterocycles. The number of amides is 4. The van der Waals surface area contributed by atoms with Gasteiger partial charge >= 0.3 is 6.03 Å². The van der Waals surface area contributed by atoms with Crippen LogP contribution in [0.2, 0.25) is 0 Å². The highest BCUT2D eigenvalue weighted by atomic mass is 16.5. The Hall–Kier alpha value is -11.0. The number of nitrogens with two attached hydrogens (primary N) is 5. The Balaban J connectivity index is 0.000000143. The van der Waals surface area contributed by atoms with Gasteiger partial charge in [-0.15, -0.1) is 0 Å². The van der Waals surface area contributed by atoms with Gasteiger partial charge in [0.05, 0.1) is 86.8 Å². The number of fused-ring (bicyclic) bond motifs is 11. The number of carbonyl (C=O) groups is 3. The predicted octanol–water partition coefficient (Wildman–Crippen LogP) is 10.6. The van der Waals surface area contributed by atoms with Gasteiger partial charge < -0.3 is 66.8 Å². The summed E-state index contributed by atoms with van der Waals surface area (Å²) in [5.74, 6) is 3.58. The first kappa shape index (κ1) is 68.9. The number of benzene rings is 5. The van der Waals surface area contributed by atoms with Crippen LogP contribution in [0.5, 0.6) is 0 Å². The zero-order valence-corrected chi connectivity index (χ0v) is 56.8. The third kappa shape index (κ3) is 15.5. The number of nitrogen functional groups attached to an aromatic ring is 3. The van der Waals surface area contributed by atoms with Gasteiger partial charge in [0, 0.05) is 100 Å². The molecule has 5 aromatic carbocycles. The largest absolute Gasteiger partial charge is 0.384 e. The van der Waals surface area contributed by atoms with Gasteiger partial charge in [-0.3, -0.25) is 14.6 Å². The van der Waals surface area contributed by atoms with Gasteiger partial charge in [0.1, 0.15) is 39.7 Å². The van der Waals surface area contributed by atoms with Crippen LogP contribution in [-0.2, 0) is 59.5 Å². The molecule has 13 aromatic rings. The lowest BCUT2D eigenvalue weighted by Gasteiger charge is -2.31. The number of aryl methyl sites for hydroxylation is 5. The highest BCUT2D eigenvalue weighted by Gasteiger charge is 2.25. The summed E-state index contributed by atoms with van der Waals surface area (Å²) in [7, 11) is 3.37. The Morgan fingerprint density at radius 1 is 0.540 bits per heavy atom. The van der Waals surface area contributed by atoms with Gasteiger partial charge in [0.15, 0.2) is 17.5 Å².